The standard InChI is InChI=1S/C120H114N6O6/c127-115-97-49-51-98(52-50-97)116(128)122(80-92-21-9-2-10-22-92)104-63-33-86(34-64-104)44-74-110-109(73-43-85-31-61-103(62-32-85)121(115)79-91-19-7-1-8-20-91)111-75-45-87-35-65-105(66-36-87)123(81-93-23-11-3-12-24-93)117(129)99-53-55-100(56-54-99)118(130)125(83-95-27-15-5-16-28-95)107-69-39-89(40-70-107)47-77-113(111)114-78-48-90-41-71-108(72-42-90)126(84-96-29-17-6-18-30-96)120(132)102-59-57-101(58-60-102)119(131)124(82-94-25-13-4-14-26-94)106-67-37-88(38-68-106)46-76-112(110)114/h31-42,49-72,91-96H,1-30,79-84H2. The molecule has 15 aromatic heterocycles. The van der Waals surface area contributed by atoms with Crippen LogP contribution in [0.3, 0.4) is 0 Å². The SMILES string of the molecule is O=c1c2ccc(cc2)c(=O)n(CC2CCCCC2)c2ccc(c#cc3c(c#cc4ccc(cc4)n1CC1CCCCC1)c1c#cc4ccc(cc4)n(CC4CCCCC4)c(=O)c4ccc(cc4)c(=O)n(CC4CCCCC4)c4ccc(c#cc1c1c#cc5ccc(cc5)n(CC5CCCCC5)c(=O)c5ccc(cc5)c(=O)n(CC5CCCCC5)c5ccc(c#cc31)cc5)cc4)cc2. The molecule has 12 heteroatoms. The lowest BCUT2D eigenvalue weighted by atomic mass is 9.89. The third kappa shape index (κ3) is 20.6. The highest BCUT2D eigenvalue weighted by molar-refractivity contribution is 6.22. The van der Waals surface area contributed by atoms with Crippen molar-refractivity contribution in [3.05, 3.63) is 353 Å². The van der Waals surface area contributed by atoms with Gasteiger partial charge < -0.3 is 27.4 Å². The number of rotatable bonds is 12. The van der Waals surface area contributed by atoms with E-state index in [4.69, 9.17) is 0 Å². The third-order valence-corrected chi connectivity index (χ3v) is 29.2. The van der Waals surface area contributed by atoms with Gasteiger partial charge in [0.2, 0.25) is 0 Å². The number of aromatic nitrogens is 6. The Morgan fingerprint density at radius 2 is 0.280 bits per heavy atom. The molecule has 0 spiro atoms. The van der Waals surface area contributed by atoms with E-state index in [-0.39, 0.29) is 33.4 Å². The molecule has 12 nitrogen and oxygen atoms in total. The van der Waals surface area contributed by atoms with E-state index in [2.05, 4.69) is 72.8 Å². The maximum atomic E-state index is 15.4. The summed E-state index contributed by atoms with van der Waals surface area (Å²) in [6.07, 6.45) is 32.5. The van der Waals surface area contributed by atoms with Crippen molar-refractivity contribution < 1.29 is 0 Å². The summed E-state index contributed by atoms with van der Waals surface area (Å²) in [6.45, 7) is 3.18. The molecule has 0 N–H and O–H groups in total. The predicted molar refractivity (Wildman–Crippen MR) is 540 cm³/mol. The molecule has 6 aliphatic carbocycles. The molecular weight excluding hydrogens is 1620 g/mol. The van der Waals surface area contributed by atoms with Gasteiger partial charge in [0.05, 0.1) is 32.3 Å². The average molecular weight is 1740 g/mol. The first-order chi connectivity index (χ1) is 64.9. The van der Waals surface area contributed by atoms with E-state index in [1.807, 2.05) is 246 Å². The molecule has 31 rings (SSSR count). The number of hydrogen-bond acceptors (Lipinski definition) is 6. The van der Waals surface area contributed by atoms with Gasteiger partial charge in [-0.15, -0.1) is 0 Å². The molecule has 6 saturated carbocycles. The Kier molecular flexibility index (Phi) is 27.4. The summed E-state index contributed by atoms with van der Waals surface area (Å²) in [5.41, 5.74) is 3.50. The maximum absolute atomic E-state index is 15.4. The predicted octanol–water partition coefficient (Wildman–Crippen LogP) is 26.0. The Hall–Kier alpha value is -13.6. The first-order valence-corrected chi connectivity index (χ1v) is 49.0. The van der Waals surface area contributed by atoms with Gasteiger partial charge in [0.1, 0.15) is 0 Å². The maximum Gasteiger partial charge on any atom is 0.258 e. The summed E-state index contributed by atoms with van der Waals surface area (Å²) in [7, 11) is 0. The van der Waals surface area contributed by atoms with Gasteiger partial charge in [0.15, 0.2) is 0 Å². The molecule has 0 radical (unpaired) electrons. The smallest absolute Gasteiger partial charge is 0.258 e. The highest BCUT2D eigenvalue weighted by Gasteiger charge is 2.23. The van der Waals surface area contributed by atoms with E-state index in [0.717, 1.165) is 187 Å². The Morgan fingerprint density at radius 1 is 0.159 bits per heavy atom. The Labute approximate surface area is 773 Å². The first-order valence-electron chi connectivity index (χ1n) is 49.0. The van der Waals surface area contributed by atoms with Crippen LogP contribution >= 0.6 is 0 Å². The summed E-state index contributed by atoms with van der Waals surface area (Å²) in [5, 5.41) is 9.47. The van der Waals surface area contributed by atoms with Crippen LogP contribution < -0.4 is 33.4 Å². The minimum atomic E-state index is -0.145. The number of hydrogen-bond donors (Lipinski definition) is 0. The van der Waals surface area contributed by atoms with Crippen molar-refractivity contribution in [3.63, 3.8) is 0 Å². The van der Waals surface area contributed by atoms with Gasteiger partial charge in [-0.3, -0.25) is 28.8 Å². The van der Waals surface area contributed by atoms with Crippen LogP contribution in [0.2, 0.25) is 0 Å². The molecule has 660 valence electrons. The van der Waals surface area contributed by atoms with Crippen LogP contribution in [0.25, 0.3) is 130 Å². The van der Waals surface area contributed by atoms with E-state index < -0.39 is 0 Å². The number of fused-ring (bicyclic) bond motifs is 3. The lowest BCUT2D eigenvalue weighted by Crippen LogP contribution is -2.25. The van der Waals surface area contributed by atoms with Gasteiger partial charge in [-0.25, -0.2) is 0 Å². The van der Waals surface area contributed by atoms with Crippen molar-refractivity contribution in [2.45, 2.75) is 232 Å². The van der Waals surface area contributed by atoms with Crippen molar-refractivity contribution in [1.82, 2.24) is 27.4 Å². The minimum Gasteiger partial charge on any atom is -0.308 e. The fraction of sp³-hybridized carbons (Fsp3) is 0.350. The minimum absolute atomic E-state index is 0.145. The summed E-state index contributed by atoms with van der Waals surface area (Å²) in [6, 6.07) is 114. The third-order valence-electron chi connectivity index (χ3n) is 29.2. The largest absolute Gasteiger partial charge is 0.308 e. The quantitative estimate of drug-likeness (QED) is 0.120. The topological polar surface area (TPSA) is 132 Å². The van der Waals surface area contributed by atoms with Gasteiger partial charge in [-0.05, 0) is 331 Å². The van der Waals surface area contributed by atoms with Crippen LogP contribution in [0, 0.1) is 108 Å². The van der Waals surface area contributed by atoms with E-state index in [1.165, 1.54) is 38.5 Å². The highest BCUT2D eigenvalue weighted by atomic mass is 16.2. The molecule has 18 bridgehead atoms. The number of benzene rings is 10. The average Bonchev–Trinajstić information content (AvgIpc) is 0.757. The zero-order chi connectivity index (χ0) is 89.6. The fourth-order valence-corrected chi connectivity index (χ4v) is 21.5. The molecule has 10 aromatic carbocycles. The second-order valence-electron chi connectivity index (χ2n) is 38.3. The second-order valence-corrected chi connectivity index (χ2v) is 38.3. The van der Waals surface area contributed by atoms with Gasteiger partial charge in [0.25, 0.3) is 33.4 Å². The molecule has 0 aliphatic heterocycles. The summed E-state index contributed by atoms with van der Waals surface area (Å²) in [5.74, 6) is 1.77. The zero-order valence-electron chi connectivity index (χ0n) is 75.8. The molecule has 15 heterocycles. The molecular formula is C120H114N6O6. The van der Waals surface area contributed by atoms with E-state index >= 15 is 28.8 Å². The number of nitrogens with zero attached hydrogens (tertiary/aromatic N) is 6. The molecule has 6 fully saturated rings. The Morgan fingerprint density at radius 3 is 0.402 bits per heavy atom. The van der Waals surface area contributed by atoms with E-state index in [0.29, 0.717) is 172 Å². The van der Waals surface area contributed by atoms with Crippen LogP contribution in [0.4, 0.5) is 0 Å². The molecule has 6 aliphatic rings. The first kappa shape index (κ1) is 87.7. The van der Waals surface area contributed by atoms with Gasteiger partial charge in [-0.2, -0.15) is 0 Å². The van der Waals surface area contributed by atoms with Crippen LogP contribution in [0.1, 0.15) is 193 Å². The molecule has 132 heavy (non-hydrogen) atoms. The van der Waals surface area contributed by atoms with Gasteiger partial charge in [0, 0.05) is 137 Å². The van der Waals surface area contributed by atoms with Crippen molar-refractivity contribution >= 4 is 130 Å². The van der Waals surface area contributed by atoms with Crippen LogP contribution in [0.15, 0.2) is 247 Å². The van der Waals surface area contributed by atoms with Crippen LogP contribution in [-0.4, -0.2) is 27.4 Å². The molecule has 0 atom stereocenters. The molecule has 0 unspecified atom stereocenters. The molecule has 25 aromatic rings. The monoisotopic (exact) mass is 1730 g/mol. The van der Waals surface area contributed by atoms with Gasteiger partial charge >= 0.3 is 0 Å². The van der Waals surface area contributed by atoms with Crippen molar-refractivity contribution in [2.24, 2.45) is 35.5 Å². The molecule has 0 amide bonds. The lowest BCUT2D eigenvalue weighted by molar-refractivity contribution is 0.320. The highest BCUT2D eigenvalue weighted by Crippen LogP contribution is 2.34. The van der Waals surface area contributed by atoms with Gasteiger partial charge in [-0.1, -0.05) is 188 Å². The lowest BCUT2D eigenvalue weighted by Gasteiger charge is -2.22. The summed E-state index contributed by atoms with van der Waals surface area (Å²) >= 11 is 0. The summed E-state index contributed by atoms with van der Waals surface area (Å²) in [4.78, 5) is 92.4. The van der Waals surface area contributed by atoms with Crippen LogP contribution in [0.5, 0.6) is 0 Å². The Balaban J connectivity index is 0.970. The van der Waals surface area contributed by atoms with Crippen molar-refractivity contribution in [1.29, 1.82) is 0 Å². The normalized spacial score (nSPS) is 16.0. The Bertz CT molecular complexity index is 6180. The van der Waals surface area contributed by atoms with Crippen LogP contribution in [-0.2, 0) is 39.3 Å². The molecule has 0 saturated heterocycles. The summed E-state index contributed by atoms with van der Waals surface area (Å²) < 4.78 is 11.5. The van der Waals surface area contributed by atoms with E-state index in [9.17, 15) is 0 Å². The van der Waals surface area contributed by atoms with Crippen molar-refractivity contribution in [2.75, 3.05) is 0 Å². The zero-order valence-corrected chi connectivity index (χ0v) is 75.8. The van der Waals surface area contributed by atoms with Crippen molar-refractivity contribution in [3.8, 4) is 0 Å². The fourth-order valence-electron chi connectivity index (χ4n) is 21.5. The van der Waals surface area contributed by atoms with E-state index in [1.54, 1.807) is 0 Å². The second kappa shape index (κ2) is 41.2.